The van der Waals surface area contributed by atoms with E-state index >= 15 is 8.78 Å². The highest BCUT2D eigenvalue weighted by molar-refractivity contribution is 7.90. The maximum absolute atomic E-state index is 15.7. The van der Waals surface area contributed by atoms with Crippen LogP contribution in [-0.2, 0) is 22.9 Å². The van der Waals surface area contributed by atoms with E-state index in [1.54, 1.807) is 0 Å². The lowest BCUT2D eigenvalue weighted by Crippen LogP contribution is -2.45. The second kappa shape index (κ2) is 14.8. The zero-order valence-corrected chi connectivity index (χ0v) is 26.6. The van der Waals surface area contributed by atoms with E-state index in [4.69, 9.17) is 4.74 Å². The zero-order chi connectivity index (χ0) is 32.7. The van der Waals surface area contributed by atoms with Crippen LogP contribution in [0.4, 0.5) is 8.78 Å². The van der Waals surface area contributed by atoms with Crippen molar-refractivity contribution in [2.24, 2.45) is 0 Å². The standard InChI is InChI=1S/C33H38F2N4O5S/c1-5-17-36-18-19-37-27(23-11-7-6-8-12-23)21-39-32(40)30(24-13-9-15-28(44-3)31(24)35)22(2)38(33(39)41)20-25-26(34)14-10-16-29(25)45(4,42)43/h6-16,27,36-37H,5,17-21H2,1-4H3/t27-/m0/s1. The van der Waals surface area contributed by atoms with Crippen LogP contribution in [0.25, 0.3) is 11.1 Å². The van der Waals surface area contributed by atoms with Crippen LogP contribution in [0.2, 0.25) is 0 Å². The van der Waals surface area contributed by atoms with Crippen molar-refractivity contribution in [3.05, 3.63) is 116 Å². The van der Waals surface area contributed by atoms with Crippen molar-refractivity contribution in [2.45, 2.75) is 44.3 Å². The molecule has 1 atom stereocenters. The fourth-order valence-electron chi connectivity index (χ4n) is 5.31. The molecule has 0 fully saturated rings. The molecular formula is C33H38F2N4O5S. The number of hydrogen-bond acceptors (Lipinski definition) is 7. The molecule has 3 aromatic carbocycles. The molecule has 1 heterocycles. The Morgan fingerprint density at radius 1 is 0.911 bits per heavy atom. The van der Waals surface area contributed by atoms with Crippen molar-refractivity contribution in [1.82, 2.24) is 19.8 Å². The third-order valence-electron chi connectivity index (χ3n) is 7.62. The van der Waals surface area contributed by atoms with E-state index in [0.29, 0.717) is 13.1 Å². The number of nitrogens with zero attached hydrogens (tertiary/aromatic N) is 2. The highest BCUT2D eigenvalue weighted by Gasteiger charge is 2.26. The Morgan fingerprint density at radius 2 is 1.62 bits per heavy atom. The van der Waals surface area contributed by atoms with E-state index in [2.05, 4.69) is 17.6 Å². The molecule has 0 aliphatic heterocycles. The molecule has 4 aromatic rings. The number of sulfone groups is 1. The van der Waals surface area contributed by atoms with Gasteiger partial charge in [0.1, 0.15) is 5.82 Å². The van der Waals surface area contributed by atoms with Gasteiger partial charge in [-0.2, -0.15) is 0 Å². The number of benzene rings is 3. The first-order valence-corrected chi connectivity index (χ1v) is 16.5. The minimum absolute atomic E-state index is 0.0455. The van der Waals surface area contributed by atoms with Crippen molar-refractivity contribution >= 4 is 9.84 Å². The molecule has 0 spiro atoms. The average Bonchev–Trinajstić information content (AvgIpc) is 3.01. The normalized spacial score (nSPS) is 12.3. The minimum atomic E-state index is -3.89. The second-order valence-electron chi connectivity index (χ2n) is 10.7. The fourth-order valence-corrected chi connectivity index (χ4v) is 6.25. The molecule has 0 saturated carbocycles. The van der Waals surface area contributed by atoms with E-state index < -0.39 is 45.3 Å². The van der Waals surface area contributed by atoms with Crippen molar-refractivity contribution < 1.29 is 21.9 Å². The lowest BCUT2D eigenvalue weighted by Gasteiger charge is -2.23. The third-order valence-corrected chi connectivity index (χ3v) is 8.80. The van der Waals surface area contributed by atoms with Crippen molar-refractivity contribution in [3.8, 4) is 16.9 Å². The Balaban J connectivity index is 1.95. The van der Waals surface area contributed by atoms with Crippen molar-refractivity contribution in [1.29, 1.82) is 0 Å². The summed E-state index contributed by atoms with van der Waals surface area (Å²) in [7, 11) is -2.59. The van der Waals surface area contributed by atoms with Gasteiger partial charge in [-0.3, -0.25) is 13.9 Å². The van der Waals surface area contributed by atoms with Gasteiger partial charge >= 0.3 is 5.69 Å². The van der Waals surface area contributed by atoms with E-state index in [1.807, 2.05) is 30.3 Å². The summed E-state index contributed by atoms with van der Waals surface area (Å²) < 4.78 is 63.3. The molecule has 0 radical (unpaired) electrons. The van der Waals surface area contributed by atoms with Gasteiger partial charge in [0.05, 0.1) is 36.7 Å². The zero-order valence-electron chi connectivity index (χ0n) is 25.8. The highest BCUT2D eigenvalue weighted by Crippen LogP contribution is 2.29. The Hall–Kier alpha value is -4.13. The van der Waals surface area contributed by atoms with Crippen LogP contribution in [0.15, 0.2) is 81.2 Å². The summed E-state index contributed by atoms with van der Waals surface area (Å²) in [6.45, 7) is 4.87. The van der Waals surface area contributed by atoms with Gasteiger partial charge in [-0.25, -0.2) is 22.0 Å². The molecule has 1 aromatic heterocycles. The smallest absolute Gasteiger partial charge is 0.331 e. The third kappa shape index (κ3) is 7.58. The number of aromatic nitrogens is 2. The van der Waals surface area contributed by atoms with Crippen LogP contribution in [0.5, 0.6) is 5.75 Å². The monoisotopic (exact) mass is 640 g/mol. The van der Waals surface area contributed by atoms with E-state index in [9.17, 15) is 18.0 Å². The molecule has 45 heavy (non-hydrogen) atoms. The number of nitrogens with one attached hydrogen (secondary N) is 2. The quantitative estimate of drug-likeness (QED) is 0.200. The topological polar surface area (TPSA) is 111 Å². The molecule has 4 rings (SSSR count). The van der Waals surface area contributed by atoms with E-state index in [0.717, 1.165) is 40.0 Å². The molecular weight excluding hydrogens is 602 g/mol. The molecule has 9 nitrogen and oxygen atoms in total. The minimum Gasteiger partial charge on any atom is -0.494 e. The molecule has 2 N–H and O–H groups in total. The summed E-state index contributed by atoms with van der Waals surface area (Å²) in [6.07, 6.45) is 1.91. The van der Waals surface area contributed by atoms with Crippen LogP contribution < -0.4 is 26.6 Å². The van der Waals surface area contributed by atoms with Gasteiger partial charge in [0, 0.05) is 36.2 Å². The van der Waals surface area contributed by atoms with Gasteiger partial charge in [0.25, 0.3) is 5.56 Å². The predicted molar refractivity (Wildman–Crippen MR) is 171 cm³/mol. The van der Waals surface area contributed by atoms with E-state index in [1.165, 1.54) is 44.4 Å². The number of ether oxygens (including phenoxy) is 1. The highest BCUT2D eigenvalue weighted by atomic mass is 32.2. The summed E-state index contributed by atoms with van der Waals surface area (Å²) in [4.78, 5) is 28.0. The fraction of sp³-hybridized carbons (Fsp3) is 0.333. The van der Waals surface area contributed by atoms with Crippen LogP contribution in [-0.4, -0.2) is 50.6 Å². The Bertz CT molecular complexity index is 1870. The summed E-state index contributed by atoms with van der Waals surface area (Å²) >= 11 is 0. The van der Waals surface area contributed by atoms with Gasteiger partial charge < -0.3 is 15.4 Å². The number of rotatable bonds is 14. The van der Waals surface area contributed by atoms with Gasteiger partial charge in [-0.15, -0.1) is 0 Å². The molecule has 0 saturated heterocycles. The van der Waals surface area contributed by atoms with Gasteiger partial charge in [-0.05, 0) is 43.7 Å². The van der Waals surface area contributed by atoms with E-state index in [-0.39, 0.29) is 39.6 Å². The average molecular weight is 641 g/mol. The number of hydrogen-bond donors (Lipinski definition) is 2. The van der Waals surface area contributed by atoms with Crippen LogP contribution in [0.1, 0.15) is 36.2 Å². The SMILES string of the molecule is CCCNCCN[C@@H](Cn1c(=O)c(-c2cccc(OC)c2F)c(C)n(Cc2c(F)cccc2S(C)(=O)=O)c1=O)c1ccccc1. The number of methoxy groups -OCH3 is 1. The summed E-state index contributed by atoms with van der Waals surface area (Å²) in [6, 6.07) is 16.7. The molecule has 0 amide bonds. The number of halogens is 2. The van der Waals surface area contributed by atoms with Crippen LogP contribution in [0, 0.1) is 18.6 Å². The lowest BCUT2D eigenvalue weighted by atomic mass is 10.0. The summed E-state index contributed by atoms with van der Waals surface area (Å²) in [5.74, 6) is -1.74. The summed E-state index contributed by atoms with van der Waals surface area (Å²) in [5.41, 5.74) is -1.15. The Labute approximate surface area is 261 Å². The molecule has 0 bridgehead atoms. The Kier molecular flexibility index (Phi) is 11.1. The maximum atomic E-state index is 15.7. The molecule has 0 unspecified atom stereocenters. The Morgan fingerprint density at radius 3 is 2.29 bits per heavy atom. The van der Waals surface area contributed by atoms with Crippen molar-refractivity contribution in [3.63, 3.8) is 0 Å². The predicted octanol–water partition coefficient (Wildman–Crippen LogP) is 4.05. The van der Waals surface area contributed by atoms with Crippen LogP contribution >= 0.6 is 0 Å². The molecule has 0 aliphatic carbocycles. The lowest BCUT2D eigenvalue weighted by molar-refractivity contribution is 0.387. The second-order valence-corrected chi connectivity index (χ2v) is 12.7. The first-order chi connectivity index (χ1) is 21.5. The first-order valence-electron chi connectivity index (χ1n) is 14.6. The molecule has 240 valence electrons. The largest absolute Gasteiger partial charge is 0.494 e. The van der Waals surface area contributed by atoms with Gasteiger partial charge in [0.15, 0.2) is 21.4 Å². The summed E-state index contributed by atoms with van der Waals surface area (Å²) in [5, 5.41) is 6.71. The van der Waals surface area contributed by atoms with Crippen LogP contribution in [0.3, 0.4) is 0 Å². The van der Waals surface area contributed by atoms with Crippen molar-refractivity contribution in [2.75, 3.05) is 33.0 Å². The maximum Gasteiger partial charge on any atom is 0.331 e. The molecule has 12 heteroatoms. The van der Waals surface area contributed by atoms with Gasteiger partial charge in [-0.1, -0.05) is 55.5 Å². The van der Waals surface area contributed by atoms with Gasteiger partial charge in [0.2, 0.25) is 0 Å². The molecule has 0 aliphatic rings. The first kappa shape index (κ1) is 33.8.